The number of hydrogen-bond acceptors (Lipinski definition) is 4. The minimum absolute atomic E-state index is 0.0409. The second-order valence-corrected chi connectivity index (χ2v) is 6.03. The molecule has 22 heavy (non-hydrogen) atoms. The Kier molecular flexibility index (Phi) is 5.13. The van der Waals surface area contributed by atoms with Gasteiger partial charge in [0.1, 0.15) is 0 Å². The molecule has 6 heteroatoms. The van der Waals surface area contributed by atoms with Crippen LogP contribution >= 0.6 is 0 Å². The fourth-order valence-corrected chi connectivity index (χ4v) is 3.04. The first-order valence-electron chi connectivity index (χ1n) is 7.55. The van der Waals surface area contributed by atoms with Crippen LogP contribution in [0.3, 0.4) is 0 Å². The van der Waals surface area contributed by atoms with Crippen LogP contribution < -0.4 is 0 Å². The van der Waals surface area contributed by atoms with Crippen molar-refractivity contribution >= 4 is 11.6 Å². The lowest BCUT2D eigenvalue weighted by Gasteiger charge is -2.23. The van der Waals surface area contributed by atoms with Gasteiger partial charge < -0.3 is 10.0 Å². The Morgan fingerprint density at radius 2 is 2.18 bits per heavy atom. The summed E-state index contributed by atoms with van der Waals surface area (Å²) < 4.78 is 0. The van der Waals surface area contributed by atoms with E-state index in [-0.39, 0.29) is 30.0 Å². The van der Waals surface area contributed by atoms with Gasteiger partial charge >= 0.3 is 0 Å². The van der Waals surface area contributed by atoms with Crippen molar-refractivity contribution in [3.63, 3.8) is 0 Å². The van der Waals surface area contributed by atoms with E-state index in [1.165, 1.54) is 6.07 Å². The Hall–Kier alpha value is -1.95. The fraction of sp³-hybridized carbons (Fsp3) is 0.562. The molecule has 0 aromatic heterocycles. The first kappa shape index (κ1) is 16.4. The SMILES string of the molecule is Cc1c(CC(=O)N(C)CC2CCCC2O)cccc1[N+](=O)[O-]. The number of aliphatic hydroxyl groups excluding tert-OH is 1. The van der Waals surface area contributed by atoms with Gasteiger partial charge in [0, 0.05) is 31.1 Å². The first-order chi connectivity index (χ1) is 10.4. The van der Waals surface area contributed by atoms with Crippen molar-refractivity contribution in [2.75, 3.05) is 13.6 Å². The van der Waals surface area contributed by atoms with Crippen molar-refractivity contribution in [1.29, 1.82) is 0 Å². The molecule has 0 heterocycles. The maximum atomic E-state index is 12.3. The zero-order valence-corrected chi connectivity index (χ0v) is 13.0. The van der Waals surface area contributed by atoms with Gasteiger partial charge in [-0.3, -0.25) is 14.9 Å². The lowest BCUT2D eigenvalue weighted by Crippen LogP contribution is -2.35. The minimum atomic E-state index is -0.429. The second kappa shape index (κ2) is 6.87. The summed E-state index contributed by atoms with van der Waals surface area (Å²) in [6.45, 7) is 2.20. The summed E-state index contributed by atoms with van der Waals surface area (Å²) in [5, 5.41) is 20.8. The van der Waals surface area contributed by atoms with Gasteiger partial charge in [0.25, 0.3) is 5.69 Å². The zero-order valence-electron chi connectivity index (χ0n) is 13.0. The predicted molar refractivity (Wildman–Crippen MR) is 82.5 cm³/mol. The van der Waals surface area contributed by atoms with Gasteiger partial charge in [0.15, 0.2) is 0 Å². The second-order valence-electron chi connectivity index (χ2n) is 6.03. The average molecular weight is 306 g/mol. The number of nitro benzene ring substituents is 1. The molecule has 120 valence electrons. The molecule has 0 spiro atoms. The number of rotatable bonds is 5. The summed E-state index contributed by atoms with van der Waals surface area (Å²) in [6.07, 6.45) is 2.56. The normalized spacial score (nSPS) is 20.9. The van der Waals surface area contributed by atoms with Crippen molar-refractivity contribution in [2.45, 2.75) is 38.7 Å². The number of carbonyl (C=O) groups is 1. The number of nitrogens with zero attached hydrogens (tertiary/aromatic N) is 2. The molecule has 2 unspecified atom stereocenters. The maximum Gasteiger partial charge on any atom is 0.272 e. The van der Waals surface area contributed by atoms with Crippen LogP contribution in [0.25, 0.3) is 0 Å². The van der Waals surface area contributed by atoms with E-state index >= 15 is 0 Å². The number of aliphatic hydroxyl groups is 1. The molecular weight excluding hydrogens is 284 g/mol. The van der Waals surface area contributed by atoms with Crippen molar-refractivity contribution in [2.24, 2.45) is 5.92 Å². The largest absolute Gasteiger partial charge is 0.393 e. The number of benzene rings is 1. The van der Waals surface area contributed by atoms with Gasteiger partial charge in [0.05, 0.1) is 17.4 Å². The molecule has 0 saturated heterocycles. The molecule has 0 radical (unpaired) electrons. The molecule has 1 aliphatic rings. The Morgan fingerprint density at radius 1 is 1.45 bits per heavy atom. The molecular formula is C16H22N2O4. The monoisotopic (exact) mass is 306 g/mol. The van der Waals surface area contributed by atoms with Crippen LogP contribution in [0.1, 0.15) is 30.4 Å². The van der Waals surface area contributed by atoms with Crippen LogP contribution in [0, 0.1) is 23.0 Å². The molecule has 0 aliphatic heterocycles. The molecule has 0 bridgehead atoms. The molecule has 6 nitrogen and oxygen atoms in total. The number of amides is 1. The van der Waals surface area contributed by atoms with E-state index in [0.717, 1.165) is 19.3 Å². The number of carbonyl (C=O) groups excluding carboxylic acids is 1. The Bertz CT molecular complexity index is 573. The van der Waals surface area contributed by atoms with Gasteiger partial charge in [-0.25, -0.2) is 0 Å². The van der Waals surface area contributed by atoms with Gasteiger partial charge in [-0.05, 0) is 25.3 Å². The molecule has 1 aliphatic carbocycles. The van der Waals surface area contributed by atoms with E-state index in [0.29, 0.717) is 17.7 Å². The van der Waals surface area contributed by atoms with Crippen molar-refractivity contribution in [1.82, 2.24) is 4.90 Å². The topological polar surface area (TPSA) is 83.7 Å². The Balaban J connectivity index is 2.02. The zero-order chi connectivity index (χ0) is 16.3. The summed E-state index contributed by atoms with van der Waals surface area (Å²) in [5.41, 5.74) is 1.26. The smallest absolute Gasteiger partial charge is 0.272 e. The first-order valence-corrected chi connectivity index (χ1v) is 7.55. The van der Waals surface area contributed by atoms with Crippen LogP contribution in [-0.2, 0) is 11.2 Å². The highest BCUT2D eigenvalue weighted by Gasteiger charge is 2.27. The molecule has 1 amide bonds. The number of nitro groups is 1. The fourth-order valence-electron chi connectivity index (χ4n) is 3.04. The van der Waals surface area contributed by atoms with Gasteiger partial charge in [0.2, 0.25) is 5.91 Å². The number of likely N-dealkylation sites (N-methyl/N-ethyl adjacent to an activating group) is 1. The summed E-state index contributed by atoms with van der Waals surface area (Å²) >= 11 is 0. The maximum absolute atomic E-state index is 12.3. The van der Waals surface area contributed by atoms with Gasteiger partial charge in [-0.1, -0.05) is 18.6 Å². The molecule has 1 fully saturated rings. The van der Waals surface area contributed by atoms with E-state index < -0.39 is 4.92 Å². The molecule has 2 rings (SSSR count). The van der Waals surface area contributed by atoms with Crippen LogP contribution in [0.5, 0.6) is 0 Å². The highest BCUT2D eigenvalue weighted by Crippen LogP contribution is 2.26. The van der Waals surface area contributed by atoms with Crippen molar-refractivity contribution in [3.05, 3.63) is 39.4 Å². The number of hydrogen-bond donors (Lipinski definition) is 1. The quantitative estimate of drug-likeness (QED) is 0.666. The molecule has 1 saturated carbocycles. The third-order valence-corrected chi connectivity index (χ3v) is 4.51. The van der Waals surface area contributed by atoms with Crippen molar-refractivity contribution < 1.29 is 14.8 Å². The summed E-state index contributed by atoms with van der Waals surface area (Å²) in [7, 11) is 1.72. The lowest BCUT2D eigenvalue weighted by atomic mass is 10.0. The van der Waals surface area contributed by atoms with E-state index in [1.54, 1.807) is 31.0 Å². The van der Waals surface area contributed by atoms with E-state index in [9.17, 15) is 20.0 Å². The van der Waals surface area contributed by atoms with E-state index in [2.05, 4.69) is 0 Å². The van der Waals surface area contributed by atoms with Crippen molar-refractivity contribution in [3.8, 4) is 0 Å². The van der Waals surface area contributed by atoms with Crippen LogP contribution in [0.15, 0.2) is 18.2 Å². The Labute approximate surface area is 129 Å². The van der Waals surface area contributed by atoms with E-state index in [1.807, 2.05) is 0 Å². The van der Waals surface area contributed by atoms with Gasteiger partial charge in [-0.2, -0.15) is 0 Å². The van der Waals surface area contributed by atoms with Crippen LogP contribution in [-0.4, -0.2) is 40.5 Å². The van der Waals surface area contributed by atoms with Crippen LogP contribution in [0.2, 0.25) is 0 Å². The highest BCUT2D eigenvalue weighted by atomic mass is 16.6. The predicted octanol–water partition coefficient (Wildman–Crippen LogP) is 2.07. The highest BCUT2D eigenvalue weighted by molar-refractivity contribution is 5.79. The molecule has 1 aromatic rings. The summed E-state index contributed by atoms with van der Waals surface area (Å²) in [4.78, 5) is 24.5. The Morgan fingerprint density at radius 3 is 2.77 bits per heavy atom. The standard InChI is InChI=1S/C16H22N2O4/c1-11-12(5-3-7-14(11)18(21)22)9-16(20)17(2)10-13-6-4-8-15(13)19/h3,5,7,13,15,19H,4,6,8-10H2,1-2H3. The summed E-state index contributed by atoms with van der Waals surface area (Å²) in [5.74, 6) is 0.0582. The third-order valence-electron chi connectivity index (χ3n) is 4.51. The summed E-state index contributed by atoms with van der Waals surface area (Å²) in [6, 6.07) is 4.80. The third kappa shape index (κ3) is 3.62. The average Bonchev–Trinajstić information content (AvgIpc) is 2.86. The van der Waals surface area contributed by atoms with Gasteiger partial charge in [-0.15, -0.1) is 0 Å². The molecule has 2 atom stereocenters. The minimum Gasteiger partial charge on any atom is -0.393 e. The molecule has 1 aromatic carbocycles. The van der Waals surface area contributed by atoms with Crippen LogP contribution in [0.4, 0.5) is 5.69 Å². The van der Waals surface area contributed by atoms with E-state index in [4.69, 9.17) is 0 Å². The molecule has 1 N–H and O–H groups in total. The lowest BCUT2D eigenvalue weighted by molar-refractivity contribution is -0.385.